The van der Waals surface area contributed by atoms with Crippen molar-refractivity contribution in [2.75, 3.05) is 26.4 Å². The molecule has 0 aromatic carbocycles. The molecule has 0 aliphatic carbocycles. The van der Waals surface area contributed by atoms with Crippen molar-refractivity contribution in [2.45, 2.75) is 307 Å². The number of rotatable bonds is 50. The summed E-state index contributed by atoms with van der Waals surface area (Å²) in [6.07, 6.45) is 41.5. The lowest BCUT2D eigenvalue weighted by atomic mass is 9.99. The van der Waals surface area contributed by atoms with Crippen molar-refractivity contribution >= 4 is 16.4 Å². The van der Waals surface area contributed by atoms with Gasteiger partial charge in [0.05, 0.1) is 19.8 Å². The quantitative estimate of drug-likeness (QED) is 0.0258. The molecule has 1 aliphatic heterocycles. The third-order valence-electron chi connectivity index (χ3n) is 13.2. The van der Waals surface area contributed by atoms with Gasteiger partial charge in [0.1, 0.15) is 30.5 Å². The standard InChI is InChI=1S/C53H104O12S/c1-3-5-7-9-11-13-15-17-19-20-21-22-23-24-25-26-27-28-29-31-33-35-37-39-41-43-61-45-47(46-62-53-51(57)52(65-66(58,59)60)50(56)48(44-54)64-53)63-49(55)42-40-38-36-34-32-30-18-16-14-12-10-8-6-4-2/h47-48,50-54,56-57H,3-46H2,1-2H3,(H,58,59,60). The van der Waals surface area contributed by atoms with E-state index in [2.05, 4.69) is 18.0 Å². The molecule has 0 amide bonds. The number of aliphatic hydroxyl groups is 3. The van der Waals surface area contributed by atoms with Crippen LogP contribution in [0.5, 0.6) is 0 Å². The highest BCUT2D eigenvalue weighted by Crippen LogP contribution is 2.26. The highest BCUT2D eigenvalue weighted by molar-refractivity contribution is 7.80. The molecular weight excluding hydrogens is 861 g/mol. The first-order valence-electron chi connectivity index (χ1n) is 27.8. The molecule has 0 aromatic rings. The molecule has 1 heterocycles. The Balaban J connectivity index is 2.25. The van der Waals surface area contributed by atoms with Crippen molar-refractivity contribution in [3.63, 3.8) is 0 Å². The summed E-state index contributed by atoms with van der Waals surface area (Å²) >= 11 is 0. The molecule has 0 bridgehead atoms. The predicted octanol–water partition coefficient (Wildman–Crippen LogP) is 13.2. The van der Waals surface area contributed by atoms with Gasteiger partial charge in [0.2, 0.25) is 0 Å². The second-order valence-corrected chi connectivity index (χ2v) is 20.6. The monoisotopic (exact) mass is 965 g/mol. The summed E-state index contributed by atoms with van der Waals surface area (Å²) in [6, 6.07) is 0. The second-order valence-electron chi connectivity index (χ2n) is 19.5. The Morgan fingerprint density at radius 3 is 1.21 bits per heavy atom. The topological polar surface area (TPSA) is 178 Å². The zero-order valence-electron chi connectivity index (χ0n) is 42.5. The fourth-order valence-corrected chi connectivity index (χ4v) is 9.54. The van der Waals surface area contributed by atoms with Crippen molar-refractivity contribution in [1.29, 1.82) is 0 Å². The maximum atomic E-state index is 12.9. The van der Waals surface area contributed by atoms with Crippen LogP contribution in [0.25, 0.3) is 0 Å². The lowest BCUT2D eigenvalue weighted by Gasteiger charge is -2.41. The Bertz CT molecular complexity index is 1160. The molecule has 6 unspecified atom stereocenters. The van der Waals surface area contributed by atoms with E-state index in [0.717, 1.165) is 38.5 Å². The van der Waals surface area contributed by atoms with Crippen LogP contribution in [0, 0.1) is 0 Å². The molecule has 66 heavy (non-hydrogen) atoms. The third-order valence-corrected chi connectivity index (χ3v) is 13.7. The molecule has 4 N–H and O–H groups in total. The molecule has 394 valence electrons. The van der Waals surface area contributed by atoms with E-state index in [-0.39, 0.29) is 19.6 Å². The van der Waals surface area contributed by atoms with E-state index >= 15 is 0 Å². The number of carbonyl (C=O) groups excluding carboxylic acids is 1. The van der Waals surface area contributed by atoms with E-state index in [9.17, 15) is 33.1 Å². The minimum atomic E-state index is -5.06. The van der Waals surface area contributed by atoms with Gasteiger partial charge in [0.25, 0.3) is 0 Å². The van der Waals surface area contributed by atoms with Gasteiger partial charge in [-0.3, -0.25) is 9.35 Å². The van der Waals surface area contributed by atoms with Crippen LogP contribution in [0.2, 0.25) is 0 Å². The number of esters is 1. The fourth-order valence-electron chi connectivity index (χ4n) is 9.03. The van der Waals surface area contributed by atoms with Gasteiger partial charge in [0, 0.05) is 13.0 Å². The van der Waals surface area contributed by atoms with E-state index in [1.165, 1.54) is 205 Å². The molecule has 0 aromatic heterocycles. The molecule has 0 saturated carbocycles. The highest BCUT2D eigenvalue weighted by atomic mass is 32.3. The number of aliphatic hydroxyl groups excluding tert-OH is 3. The van der Waals surface area contributed by atoms with Crippen LogP contribution in [-0.4, -0.2) is 97.5 Å². The molecule has 1 rings (SSSR count). The van der Waals surface area contributed by atoms with Crippen molar-refractivity contribution in [2.24, 2.45) is 0 Å². The van der Waals surface area contributed by atoms with E-state index in [0.29, 0.717) is 13.0 Å². The first-order valence-corrected chi connectivity index (χ1v) is 29.2. The number of carbonyl (C=O) groups is 1. The largest absolute Gasteiger partial charge is 0.457 e. The minimum Gasteiger partial charge on any atom is -0.457 e. The van der Waals surface area contributed by atoms with Crippen molar-refractivity contribution < 1.29 is 56.2 Å². The molecule has 12 nitrogen and oxygen atoms in total. The maximum Gasteiger partial charge on any atom is 0.397 e. The Morgan fingerprint density at radius 2 is 0.864 bits per heavy atom. The smallest absolute Gasteiger partial charge is 0.397 e. The summed E-state index contributed by atoms with van der Waals surface area (Å²) < 4.78 is 59.3. The Hall–Kier alpha value is -0.900. The average molecular weight is 965 g/mol. The Morgan fingerprint density at radius 1 is 0.515 bits per heavy atom. The summed E-state index contributed by atoms with van der Waals surface area (Å²) in [5.41, 5.74) is 0. The summed E-state index contributed by atoms with van der Waals surface area (Å²) in [4.78, 5) is 12.9. The molecule has 6 atom stereocenters. The highest BCUT2D eigenvalue weighted by Gasteiger charge is 2.48. The van der Waals surface area contributed by atoms with Crippen LogP contribution < -0.4 is 0 Å². The zero-order valence-corrected chi connectivity index (χ0v) is 43.4. The molecule has 13 heteroatoms. The van der Waals surface area contributed by atoms with Crippen LogP contribution in [0.15, 0.2) is 0 Å². The van der Waals surface area contributed by atoms with Crippen LogP contribution in [0.3, 0.4) is 0 Å². The SMILES string of the molecule is CCCCCCCCCCCCCCCCCCCCCCCCCCCOCC(COC1OC(CO)C(O)C(OS(=O)(=O)O)C1O)OC(=O)CCCCCCCCCCCCCCCC. The molecule has 1 aliphatic rings. The minimum absolute atomic E-state index is 0.0453. The summed E-state index contributed by atoms with van der Waals surface area (Å²) in [6.45, 7) is 4.06. The van der Waals surface area contributed by atoms with E-state index in [1.54, 1.807) is 0 Å². The lowest BCUT2D eigenvalue weighted by molar-refractivity contribution is -0.301. The van der Waals surface area contributed by atoms with Gasteiger partial charge in [-0.1, -0.05) is 251 Å². The van der Waals surface area contributed by atoms with Crippen molar-refractivity contribution in [3.8, 4) is 0 Å². The Kier molecular flexibility index (Phi) is 43.3. The van der Waals surface area contributed by atoms with Gasteiger partial charge in [-0.2, -0.15) is 8.42 Å². The predicted molar refractivity (Wildman–Crippen MR) is 267 cm³/mol. The van der Waals surface area contributed by atoms with Crippen LogP contribution in [0.1, 0.15) is 271 Å². The first kappa shape index (κ1) is 63.1. The van der Waals surface area contributed by atoms with Gasteiger partial charge >= 0.3 is 16.4 Å². The molecule has 0 spiro atoms. The van der Waals surface area contributed by atoms with E-state index in [1.807, 2.05) is 0 Å². The number of unbranched alkanes of at least 4 members (excludes halogenated alkanes) is 37. The number of ether oxygens (including phenoxy) is 4. The van der Waals surface area contributed by atoms with E-state index in [4.69, 9.17) is 18.9 Å². The molecular formula is C53H104O12S. The Labute approximate surface area is 405 Å². The molecule has 0 radical (unpaired) electrons. The lowest BCUT2D eigenvalue weighted by Crippen LogP contribution is -2.60. The summed E-state index contributed by atoms with van der Waals surface area (Å²) in [5.74, 6) is -0.391. The van der Waals surface area contributed by atoms with Gasteiger partial charge in [-0.15, -0.1) is 0 Å². The molecule has 1 fully saturated rings. The van der Waals surface area contributed by atoms with Gasteiger partial charge in [-0.25, -0.2) is 4.18 Å². The van der Waals surface area contributed by atoms with Crippen molar-refractivity contribution in [3.05, 3.63) is 0 Å². The number of hydrogen-bond donors (Lipinski definition) is 4. The average Bonchev–Trinajstić information content (AvgIpc) is 3.29. The van der Waals surface area contributed by atoms with Gasteiger partial charge in [-0.05, 0) is 12.8 Å². The van der Waals surface area contributed by atoms with Crippen LogP contribution >= 0.6 is 0 Å². The molecule has 1 saturated heterocycles. The first-order chi connectivity index (χ1) is 32.1. The third kappa shape index (κ3) is 37.9. The van der Waals surface area contributed by atoms with E-state index < -0.39 is 59.8 Å². The fraction of sp³-hybridized carbons (Fsp3) is 0.981. The van der Waals surface area contributed by atoms with Crippen LogP contribution in [-0.2, 0) is 38.3 Å². The second kappa shape index (κ2) is 45.3. The normalized spacial score (nSPS) is 19.4. The van der Waals surface area contributed by atoms with Crippen LogP contribution in [0.4, 0.5) is 0 Å². The van der Waals surface area contributed by atoms with Gasteiger partial charge < -0.3 is 34.3 Å². The zero-order chi connectivity index (χ0) is 48.2. The van der Waals surface area contributed by atoms with Crippen molar-refractivity contribution in [1.82, 2.24) is 0 Å². The summed E-state index contributed by atoms with van der Waals surface area (Å²) in [7, 11) is -5.06. The number of hydrogen-bond acceptors (Lipinski definition) is 11. The summed E-state index contributed by atoms with van der Waals surface area (Å²) in [5, 5.41) is 30.8. The van der Waals surface area contributed by atoms with Gasteiger partial charge in [0.15, 0.2) is 6.29 Å². The maximum absolute atomic E-state index is 12.9.